The summed E-state index contributed by atoms with van der Waals surface area (Å²) in [5.41, 5.74) is 0. The van der Waals surface area contributed by atoms with Gasteiger partial charge in [0.2, 0.25) is 0 Å². The second-order valence-electron chi connectivity index (χ2n) is 2.14. The Morgan fingerprint density at radius 1 is 1.50 bits per heavy atom. The summed E-state index contributed by atoms with van der Waals surface area (Å²) in [7, 11) is 1.80. The molecule has 1 atom stereocenters. The SMILES string of the molecule is CNC(C#N)C(C)C. The van der Waals surface area contributed by atoms with Gasteiger partial charge in [-0.25, -0.2) is 0 Å². The van der Waals surface area contributed by atoms with Crippen LogP contribution < -0.4 is 5.32 Å². The largest absolute Gasteiger partial charge is 0.305 e. The molecule has 0 saturated carbocycles. The quantitative estimate of drug-likeness (QED) is 0.572. The zero-order valence-corrected chi connectivity index (χ0v) is 5.60. The van der Waals surface area contributed by atoms with Crippen molar-refractivity contribution in [1.29, 1.82) is 5.26 Å². The highest BCUT2D eigenvalue weighted by atomic mass is 14.9. The molecule has 0 fully saturated rings. The molecule has 0 aliphatic rings. The van der Waals surface area contributed by atoms with Gasteiger partial charge in [0.05, 0.1) is 12.1 Å². The van der Waals surface area contributed by atoms with E-state index < -0.39 is 0 Å². The molecular formula is C6H12N2. The predicted octanol–water partition coefficient (Wildman–Crippen LogP) is 0.754. The van der Waals surface area contributed by atoms with Crippen molar-refractivity contribution < 1.29 is 0 Å². The fourth-order valence-corrected chi connectivity index (χ4v) is 0.547. The summed E-state index contributed by atoms with van der Waals surface area (Å²) in [5.74, 6) is 0.407. The van der Waals surface area contributed by atoms with Gasteiger partial charge in [0, 0.05) is 0 Å². The van der Waals surface area contributed by atoms with E-state index in [4.69, 9.17) is 5.26 Å². The Hall–Kier alpha value is -0.550. The van der Waals surface area contributed by atoms with Crippen LogP contribution in [0, 0.1) is 17.2 Å². The zero-order chi connectivity index (χ0) is 6.57. The summed E-state index contributed by atoms with van der Waals surface area (Å²) in [6.45, 7) is 4.04. The molecule has 2 nitrogen and oxygen atoms in total. The van der Waals surface area contributed by atoms with Crippen LogP contribution in [0.2, 0.25) is 0 Å². The minimum atomic E-state index is 0.00926. The Bertz CT molecular complexity index is 91.2. The van der Waals surface area contributed by atoms with Crippen molar-refractivity contribution in [2.24, 2.45) is 5.92 Å². The smallest absolute Gasteiger partial charge is 0.0973 e. The van der Waals surface area contributed by atoms with Crippen molar-refractivity contribution >= 4 is 0 Å². The lowest BCUT2D eigenvalue weighted by Crippen LogP contribution is -2.28. The molecule has 2 heteroatoms. The summed E-state index contributed by atoms with van der Waals surface area (Å²) < 4.78 is 0. The highest BCUT2D eigenvalue weighted by molar-refractivity contribution is 4.90. The van der Waals surface area contributed by atoms with E-state index in [-0.39, 0.29) is 6.04 Å². The van der Waals surface area contributed by atoms with Crippen LogP contribution in [0.25, 0.3) is 0 Å². The summed E-state index contributed by atoms with van der Waals surface area (Å²) in [4.78, 5) is 0. The Morgan fingerprint density at radius 2 is 2.00 bits per heavy atom. The van der Waals surface area contributed by atoms with Crippen LogP contribution in [-0.2, 0) is 0 Å². The molecule has 0 aromatic heterocycles. The maximum absolute atomic E-state index is 8.38. The Morgan fingerprint density at radius 3 is 2.00 bits per heavy atom. The summed E-state index contributed by atoms with van der Waals surface area (Å²) in [5, 5.41) is 11.3. The molecule has 0 aliphatic heterocycles. The Labute approximate surface area is 50.5 Å². The standard InChI is InChI=1S/C6H12N2/c1-5(2)6(4-7)8-3/h5-6,8H,1-3H3. The second kappa shape index (κ2) is 3.45. The van der Waals surface area contributed by atoms with E-state index in [0.29, 0.717) is 5.92 Å². The highest BCUT2D eigenvalue weighted by Crippen LogP contribution is 1.97. The van der Waals surface area contributed by atoms with Gasteiger partial charge in [-0.2, -0.15) is 5.26 Å². The second-order valence-corrected chi connectivity index (χ2v) is 2.14. The minimum absolute atomic E-state index is 0.00926. The van der Waals surface area contributed by atoms with Crippen LogP contribution in [0.15, 0.2) is 0 Å². The summed E-state index contributed by atoms with van der Waals surface area (Å²) in [6.07, 6.45) is 0. The maximum Gasteiger partial charge on any atom is 0.0973 e. The Balaban J connectivity index is 3.57. The molecule has 0 spiro atoms. The van der Waals surface area contributed by atoms with Crippen molar-refractivity contribution in [3.8, 4) is 6.07 Å². The molecule has 0 aromatic rings. The van der Waals surface area contributed by atoms with E-state index in [2.05, 4.69) is 11.4 Å². The molecule has 0 heterocycles. The summed E-state index contributed by atoms with van der Waals surface area (Å²) in [6, 6.07) is 2.15. The minimum Gasteiger partial charge on any atom is -0.305 e. The van der Waals surface area contributed by atoms with Gasteiger partial charge in [-0.05, 0) is 13.0 Å². The van der Waals surface area contributed by atoms with Crippen LogP contribution in [0.1, 0.15) is 13.8 Å². The van der Waals surface area contributed by atoms with Crippen molar-refractivity contribution in [3.05, 3.63) is 0 Å². The van der Waals surface area contributed by atoms with Gasteiger partial charge in [0.1, 0.15) is 0 Å². The number of nitrogens with one attached hydrogen (secondary N) is 1. The van der Waals surface area contributed by atoms with Crippen LogP contribution in [0.5, 0.6) is 0 Å². The van der Waals surface area contributed by atoms with Gasteiger partial charge in [-0.1, -0.05) is 13.8 Å². The van der Waals surface area contributed by atoms with Crippen LogP contribution in [0.3, 0.4) is 0 Å². The van der Waals surface area contributed by atoms with Gasteiger partial charge >= 0.3 is 0 Å². The number of nitrogens with zero attached hydrogens (tertiary/aromatic N) is 1. The predicted molar refractivity (Wildman–Crippen MR) is 33.3 cm³/mol. The third-order valence-electron chi connectivity index (χ3n) is 1.12. The molecular weight excluding hydrogens is 100 g/mol. The van der Waals surface area contributed by atoms with E-state index >= 15 is 0 Å². The molecule has 1 N–H and O–H groups in total. The first-order valence-electron chi connectivity index (χ1n) is 2.79. The van der Waals surface area contributed by atoms with Gasteiger partial charge in [-0.15, -0.1) is 0 Å². The first kappa shape index (κ1) is 7.45. The van der Waals surface area contributed by atoms with Crippen molar-refractivity contribution in [3.63, 3.8) is 0 Å². The topological polar surface area (TPSA) is 35.8 Å². The molecule has 0 radical (unpaired) electrons. The molecule has 0 aliphatic carbocycles. The molecule has 0 saturated heterocycles. The Kier molecular flexibility index (Phi) is 3.21. The zero-order valence-electron chi connectivity index (χ0n) is 5.60. The van der Waals surface area contributed by atoms with Gasteiger partial charge in [0.15, 0.2) is 0 Å². The molecule has 0 aromatic carbocycles. The van der Waals surface area contributed by atoms with Gasteiger partial charge < -0.3 is 5.32 Å². The van der Waals surface area contributed by atoms with E-state index in [1.54, 1.807) is 7.05 Å². The highest BCUT2D eigenvalue weighted by Gasteiger charge is 2.06. The van der Waals surface area contributed by atoms with Gasteiger partial charge in [0.25, 0.3) is 0 Å². The van der Waals surface area contributed by atoms with Crippen LogP contribution in [-0.4, -0.2) is 13.1 Å². The van der Waals surface area contributed by atoms with Crippen molar-refractivity contribution in [2.45, 2.75) is 19.9 Å². The fourth-order valence-electron chi connectivity index (χ4n) is 0.547. The number of nitriles is 1. The lowest BCUT2D eigenvalue weighted by atomic mass is 10.1. The van der Waals surface area contributed by atoms with Crippen molar-refractivity contribution in [2.75, 3.05) is 7.05 Å². The normalized spacial score (nSPS) is 13.4. The monoisotopic (exact) mass is 112 g/mol. The lowest BCUT2D eigenvalue weighted by Gasteiger charge is -2.09. The van der Waals surface area contributed by atoms with Crippen LogP contribution >= 0.6 is 0 Å². The molecule has 0 amide bonds. The lowest BCUT2D eigenvalue weighted by molar-refractivity contribution is 0.508. The molecule has 46 valence electrons. The number of hydrogen-bond donors (Lipinski definition) is 1. The van der Waals surface area contributed by atoms with E-state index in [0.717, 1.165) is 0 Å². The average molecular weight is 112 g/mol. The first-order chi connectivity index (χ1) is 3.72. The fraction of sp³-hybridized carbons (Fsp3) is 0.833. The third kappa shape index (κ3) is 1.94. The number of hydrogen-bond acceptors (Lipinski definition) is 2. The van der Waals surface area contributed by atoms with Gasteiger partial charge in [-0.3, -0.25) is 0 Å². The van der Waals surface area contributed by atoms with Crippen LogP contribution in [0.4, 0.5) is 0 Å². The molecule has 8 heavy (non-hydrogen) atoms. The molecule has 0 rings (SSSR count). The van der Waals surface area contributed by atoms with E-state index in [1.165, 1.54) is 0 Å². The molecule has 0 bridgehead atoms. The third-order valence-corrected chi connectivity index (χ3v) is 1.12. The van der Waals surface area contributed by atoms with E-state index in [1.807, 2.05) is 13.8 Å². The first-order valence-corrected chi connectivity index (χ1v) is 2.79. The van der Waals surface area contributed by atoms with E-state index in [9.17, 15) is 0 Å². The maximum atomic E-state index is 8.38. The van der Waals surface area contributed by atoms with Crippen molar-refractivity contribution in [1.82, 2.24) is 5.32 Å². The summed E-state index contributed by atoms with van der Waals surface area (Å²) >= 11 is 0. The number of rotatable bonds is 2. The molecule has 1 unspecified atom stereocenters. The average Bonchev–Trinajstić information content (AvgIpc) is 1.69.